The van der Waals surface area contributed by atoms with Crippen molar-refractivity contribution in [3.63, 3.8) is 0 Å². The molecular formula is C20H26ClN5O. The number of piperidine rings is 1. The zero-order valence-electron chi connectivity index (χ0n) is 15.7. The van der Waals surface area contributed by atoms with Crippen molar-refractivity contribution in [3.05, 3.63) is 46.5 Å². The van der Waals surface area contributed by atoms with E-state index >= 15 is 0 Å². The van der Waals surface area contributed by atoms with Gasteiger partial charge in [-0.15, -0.1) is 10.2 Å². The standard InChI is InChI=1S/C20H26ClN5O/c1-14(11-15-3-2-4-17(21)12-15)20(27)25-8-5-16(6-9-25)19-24-23-18-13-22-7-10-26(18)19/h2-4,12,14,16,22H,5-11,13H2,1H3. The van der Waals surface area contributed by atoms with Crippen LogP contribution < -0.4 is 5.32 Å². The van der Waals surface area contributed by atoms with Crippen molar-refractivity contribution >= 4 is 17.5 Å². The average Bonchev–Trinajstić information content (AvgIpc) is 3.12. The molecule has 1 fully saturated rings. The maximum atomic E-state index is 12.9. The molecule has 1 saturated heterocycles. The number of carbonyl (C=O) groups is 1. The third kappa shape index (κ3) is 4.01. The second-order valence-electron chi connectivity index (χ2n) is 7.64. The van der Waals surface area contributed by atoms with E-state index in [1.165, 1.54) is 0 Å². The van der Waals surface area contributed by atoms with Gasteiger partial charge in [-0.2, -0.15) is 0 Å². The molecule has 7 heteroatoms. The number of fused-ring (bicyclic) bond motifs is 1. The van der Waals surface area contributed by atoms with Crippen molar-refractivity contribution in [1.29, 1.82) is 0 Å². The number of nitrogens with one attached hydrogen (secondary N) is 1. The summed E-state index contributed by atoms with van der Waals surface area (Å²) in [5.74, 6) is 2.74. The monoisotopic (exact) mass is 387 g/mol. The molecule has 0 saturated carbocycles. The Kier molecular flexibility index (Phi) is 5.45. The van der Waals surface area contributed by atoms with E-state index in [-0.39, 0.29) is 11.8 Å². The molecule has 2 aliphatic rings. The first kappa shape index (κ1) is 18.4. The van der Waals surface area contributed by atoms with Crippen LogP contribution in [-0.2, 0) is 24.3 Å². The summed E-state index contributed by atoms with van der Waals surface area (Å²) in [5, 5.41) is 12.8. The summed E-state index contributed by atoms with van der Waals surface area (Å²) >= 11 is 6.06. The lowest BCUT2D eigenvalue weighted by Gasteiger charge is -2.33. The van der Waals surface area contributed by atoms with Gasteiger partial charge in [-0.3, -0.25) is 4.79 Å². The number of nitrogens with zero attached hydrogens (tertiary/aromatic N) is 4. The smallest absolute Gasteiger partial charge is 0.225 e. The maximum Gasteiger partial charge on any atom is 0.225 e. The zero-order chi connectivity index (χ0) is 18.8. The average molecular weight is 388 g/mol. The molecule has 3 heterocycles. The number of hydrogen-bond donors (Lipinski definition) is 1. The van der Waals surface area contributed by atoms with Gasteiger partial charge in [-0.25, -0.2) is 0 Å². The number of likely N-dealkylation sites (tertiary alicyclic amines) is 1. The van der Waals surface area contributed by atoms with Gasteiger partial charge in [-0.1, -0.05) is 30.7 Å². The highest BCUT2D eigenvalue weighted by atomic mass is 35.5. The third-order valence-electron chi connectivity index (χ3n) is 5.68. The van der Waals surface area contributed by atoms with Crippen LogP contribution in [0.15, 0.2) is 24.3 Å². The van der Waals surface area contributed by atoms with Gasteiger partial charge >= 0.3 is 0 Å². The molecule has 1 aromatic heterocycles. The van der Waals surface area contributed by atoms with Gasteiger partial charge in [0, 0.05) is 43.0 Å². The van der Waals surface area contributed by atoms with Crippen molar-refractivity contribution in [2.24, 2.45) is 5.92 Å². The predicted molar refractivity (Wildman–Crippen MR) is 105 cm³/mol. The van der Waals surface area contributed by atoms with Crippen LogP contribution in [0.1, 0.15) is 42.9 Å². The molecule has 1 aromatic carbocycles. The van der Waals surface area contributed by atoms with Gasteiger partial charge in [0.25, 0.3) is 0 Å². The minimum absolute atomic E-state index is 0.0352. The molecule has 1 atom stereocenters. The molecule has 1 amide bonds. The Morgan fingerprint density at radius 1 is 1.30 bits per heavy atom. The molecule has 2 aliphatic heterocycles. The molecule has 0 aliphatic carbocycles. The summed E-state index contributed by atoms with van der Waals surface area (Å²) in [4.78, 5) is 14.9. The lowest BCUT2D eigenvalue weighted by atomic mass is 9.93. The molecular weight excluding hydrogens is 362 g/mol. The van der Waals surface area contributed by atoms with Gasteiger partial charge in [0.05, 0.1) is 6.54 Å². The van der Waals surface area contributed by atoms with E-state index in [4.69, 9.17) is 11.6 Å². The van der Waals surface area contributed by atoms with Gasteiger partial charge in [-0.05, 0) is 37.0 Å². The fraction of sp³-hybridized carbons (Fsp3) is 0.550. The fourth-order valence-electron chi connectivity index (χ4n) is 4.19. The van der Waals surface area contributed by atoms with E-state index in [0.29, 0.717) is 5.92 Å². The molecule has 1 N–H and O–H groups in total. The van der Waals surface area contributed by atoms with Crippen molar-refractivity contribution in [2.45, 2.75) is 45.2 Å². The lowest BCUT2D eigenvalue weighted by Crippen LogP contribution is -2.41. The van der Waals surface area contributed by atoms with Gasteiger partial charge < -0.3 is 14.8 Å². The molecule has 0 radical (unpaired) electrons. The summed E-state index contributed by atoms with van der Waals surface area (Å²) in [5.41, 5.74) is 1.11. The maximum absolute atomic E-state index is 12.9. The van der Waals surface area contributed by atoms with Crippen LogP contribution in [0.4, 0.5) is 0 Å². The minimum Gasteiger partial charge on any atom is -0.342 e. The molecule has 0 spiro atoms. The second-order valence-corrected chi connectivity index (χ2v) is 8.07. The molecule has 6 nitrogen and oxygen atoms in total. The fourth-order valence-corrected chi connectivity index (χ4v) is 4.40. The first-order valence-electron chi connectivity index (χ1n) is 9.77. The molecule has 1 unspecified atom stereocenters. The van der Waals surface area contributed by atoms with Crippen LogP contribution in [0.2, 0.25) is 5.02 Å². The number of aromatic nitrogens is 3. The molecule has 0 bridgehead atoms. The Balaban J connectivity index is 1.34. The summed E-state index contributed by atoms with van der Waals surface area (Å²) in [7, 11) is 0. The van der Waals surface area contributed by atoms with E-state index in [1.54, 1.807) is 0 Å². The lowest BCUT2D eigenvalue weighted by molar-refractivity contribution is -0.136. The predicted octanol–water partition coefficient (Wildman–Crippen LogP) is 2.62. The largest absolute Gasteiger partial charge is 0.342 e. The number of hydrogen-bond acceptors (Lipinski definition) is 4. The topological polar surface area (TPSA) is 63.1 Å². The summed E-state index contributed by atoms with van der Waals surface area (Å²) in [6, 6.07) is 7.78. The Morgan fingerprint density at radius 3 is 2.89 bits per heavy atom. The highest BCUT2D eigenvalue weighted by Crippen LogP contribution is 2.29. The quantitative estimate of drug-likeness (QED) is 0.875. The number of amides is 1. The first-order valence-corrected chi connectivity index (χ1v) is 10.2. The zero-order valence-corrected chi connectivity index (χ0v) is 16.5. The first-order chi connectivity index (χ1) is 13.1. The Bertz CT molecular complexity index is 812. The third-order valence-corrected chi connectivity index (χ3v) is 5.91. The number of carbonyl (C=O) groups excluding carboxylic acids is 1. The SMILES string of the molecule is CC(Cc1cccc(Cl)c1)C(=O)N1CCC(c2nnc3n2CCNC3)CC1. The number of benzene rings is 1. The van der Waals surface area contributed by atoms with Crippen molar-refractivity contribution in [2.75, 3.05) is 19.6 Å². The Morgan fingerprint density at radius 2 is 2.11 bits per heavy atom. The van der Waals surface area contributed by atoms with Crippen molar-refractivity contribution < 1.29 is 4.79 Å². The minimum atomic E-state index is -0.0352. The van der Waals surface area contributed by atoms with Crippen molar-refractivity contribution in [1.82, 2.24) is 25.0 Å². The van der Waals surface area contributed by atoms with Crippen LogP contribution in [0.3, 0.4) is 0 Å². The van der Waals surface area contributed by atoms with E-state index in [2.05, 4.69) is 20.1 Å². The van der Waals surface area contributed by atoms with Crippen LogP contribution >= 0.6 is 11.6 Å². The summed E-state index contributed by atoms with van der Waals surface area (Å²) < 4.78 is 2.26. The molecule has 2 aromatic rings. The van der Waals surface area contributed by atoms with Gasteiger partial charge in [0.2, 0.25) is 5.91 Å². The van der Waals surface area contributed by atoms with E-state index in [1.807, 2.05) is 36.1 Å². The van der Waals surface area contributed by atoms with Gasteiger partial charge in [0.1, 0.15) is 11.6 Å². The van der Waals surface area contributed by atoms with E-state index < -0.39 is 0 Å². The normalized spacial score (nSPS) is 19.0. The summed E-state index contributed by atoms with van der Waals surface area (Å²) in [6.07, 6.45) is 2.65. The van der Waals surface area contributed by atoms with Crippen LogP contribution in [-0.4, -0.2) is 45.2 Å². The second kappa shape index (κ2) is 7.98. The molecule has 27 heavy (non-hydrogen) atoms. The van der Waals surface area contributed by atoms with Crippen molar-refractivity contribution in [3.8, 4) is 0 Å². The number of halogens is 1. The van der Waals surface area contributed by atoms with Gasteiger partial charge in [0.15, 0.2) is 0 Å². The summed E-state index contributed by atoms with van der Waals surface area (Å²) in [6.45, 7) is 6.31. The molecule has 4 rings (SSSR count). The highest BCUT2D eigenvalue weighted by Gasteiger charge is 2.30. The van der Waals surface area contributed by atoms with E-state index in [0.717, 1.165) is 74.2 Å². The Labute approximate surface area is 164 Å². The highest BCUT2D eigenvalue weighted by molar-refractivity contribution is 6.30. The van der Waals surface area contributed by atoms with Crippen LogP contribution in [0.25, 0.3) is 0 Å². The molecule has 144 valence electrons. The van der Waals surface area contributed by atoms with E-state index in [9.17, 15) is 4.79 Å². The Hall–Kier alpha value is -1.92. The van der Waals surface area contributed by atoms with Crippen LogP contribution in [0.5, 0.6) is 0 Å². The number of rotatable bonds is 4. The van der Waals surface area contributed by atoms with Crippen LogP contribution in [0, 0.1) is 5.92 Å².